The molecule has 1 unspecified atom stereocenters. The second-order valence-electron chi connectivity index (χ2n) is 3.05. The molecule has 0 radical (unpaired) electrons. The second-order valence-corrected chi connectivity index (χ2v) is 3.05. The molecule has 0 spiro atoms. The first kappa shape index (κ1) is 9.05. The fourth-order valence-corrected chi connectivity index (χ4v) is 1.53. The Kier molecular flexibility index (Phi) is 1.77. The van der Waals surface area contributed by atoms with Crippen molar-refractivity contribution in [2.24, 2.45) is 0 Å². The lowest BCUT2D eigenvalue weighted by Gasteiger charge is -2.12. The van der Waals surface area contributed by atoms with Gasteiger partial charge < -0.3 is 5.32 Å². The van der Waals surface area contributed by atoms with Gasteiger partial charge in [-0.05, 0) is 11.6 Å². The standard InChI is InChI=1S/C9H6F3NO/c10-9(11,12)7-5-3-1-2-4-6(5)13-8(7)14/h1-4,7H,(H,13,14). The van der Waals surface area contributed by atoms with Crippen LogP contribution < -0.4 is 5.32 Å². The minimum absolute atomic E-state index is 0.00463. The van der Waals surface area contributed by atoms with Crippen LogP contribution in [0.3, 0.4) is 0 Å². The third kappa shape index (κ3) is 1.25. The van der Waals surface area contributed by atoms with Crippen molar-refractivity contribution >= 4 is 11.6 Å². The number of para-hydroxylation sites is 1. The number of halogens is 3. The van der Waals surface area contributed by atoms with Crippen molar-refractivity contribution in [3.05, 3.63) is 29.8 Å². The van der Waals surface area contributed by atoms with Crippen LogP contribution in [0.25, 0.3) is 0 Å². The van der Waals surface area contributed by atoms with E-state index in [1.165, 1.54) is 18.2 Å². The smallest absolute Gasteiger partial charge is 0.325 e. The van der Waals surface area contributed by atoms with Crippen molar-refractivity contribution < 1.29 is 18.0 Å². The maximum Gasteiger partial charge on any atom is 0.404 e. The summed E-state index contributed by atoms with van der Waals surface area (Å²) >= 11 is 0. The van der Waals surface area contributed by atoms with Crippen LogP contribution in [-0.2, 0) is 4.79 Å². The quantitative estimate of drug-likeness (QED) is 0.685. The van der Waals surface area contributed by atoms with Gasteiger partial charge in [0, 0.05) is 5.69 Å². The number of amides is 1. The first-order valence-electron chi connectivity index (χ1n) is 3.96. The summed E-state index contributed by atoms with van der Waals surface area (Å²) in [4.78, 5) is 11.0. The van der Waals surface area contributed by atoms with Gasteiger partial charge in [-0.1, -0.05) is 18.2 Å². The van der Waals surface area contributed by atoms with Crippen LogP contribution in [0, 0.1) is 0 Å². The summed E-state index contributed by atoms with van der Waals surface area (Å²) in [6, 6.07) is 5.83. The summed E-state index contributed by atoms with van der Waals surface area (Å²) < 4.78 is 37.3. The predicted octanol–water partition coefficient (Wildman–Crippen LogP) is 2.28. The minimum Gasteiger partial charge on any atom is -0.325 e. The van der Waals surface area contributed by atoms with Gasteiger partial charge >= 0.3 is 6.18 Å². The van der Waals surface area contributed by atoms with E-state index in [1.54, 1.807) is 6.07 Å². The average molecular weight is 201 g/mol. The lowest BCUT2D eigenvalue weighted by molar-refractivity contribution is -0.160. The number of fused-ring (bicyclic) bond motifs is 1. The van der Waals surface area contributed by atoms with E-state index in [1.807, 2.05) is 0 Å². The van der Waals surface area contributed by atoms with E-state index in [-0.39, 0.29) is 11.3 Å². The fraction of sp³-hybridized carbons (Fsp3) is 0.222. The van der Waals surface area contributed by atoms with Crippen molar-refractivity contribution in [2.45, 2.75) is 12.1 Å². The Balaban J connectivity index is 2.50. The van der Waals surface area contributed by atoms with Gasteiger partial charge in [0.1, 0.15) is 0 Å². The zero-order valence-corrected chi connectivity index (χ0v) is 6.93. The zero-order valence-electron chi connectivity index (χ0n) is 6.93. The monoisotopic (exact) mass is 201 g/mol. The molecular formula is C9H6F3NO. The molecule has 1 N–H and O–H groups in total. The Bertz CT molecular complexity index is 386. The number of rotatable bonds is 0. The van der Waals surface area contributed by atoms with Gasteiger partial charge in [-0.25, -0.2) is 0 Å². The third-order valence-corrected chi connectivity index (χ3v) is 2.12. The molecule has 74 valence electrons. The number of carbonyl (C=O) groups is 1. The summed E-state index contributed by atoms with van der Waals surface area (Å²) in [6.07, 6.45) is -4.52. The molecule has 0 aromatic heterocycles. The molecule has 2 nitrogen and oxygen atoms in total. The molecule has 14 heavy (non-hydrogen) atoms. The SMILES string of the molecule is O=C1Nc2ccccc2C1C(F)(F)F. The van der Waals surface area contributed by atoms with Crippen molar-refractivity contribution in [3.8, 4) is 0 Å². The van der Waals surface area contributed by atoms with E-state index in [0.717, 1.165) is 0 Å². The number of hydrogen-bond acceptors (Lipinski definition) is 1. The summed E-state index contributed by atoms with van der Waals surface area (Å²) in [5.41, 5.74) is 0.254. The summed E-state index contributed by atoms with van der Waals surface area (Å²) in [5, 5.41) is 2.20. The Labute approximate surface area is 77.7 Å². The number of alkyl halides is 3. The molecule has 1 aliphatic heterocycles. The van der Waals surface area contributed by atoms with E-state index in [9.17, 15) is 18.0 Å². The number of carbonyl (C=O) groups excluding carboxylic acids is 1. The van der Waals surface area contributed by atoms with Gasteiger partial charge in [-0.2, -0.15) is 13.2 Å². The maximum atomic E-state index is 12.4. The molecule has 0 saturated heterocycles. The molecule has 0 bridgehead atoms. The van der Waals surface area contributed by atoms with Gasteiger partial charge in [0.15, 0.2) is 5.92 Å². The normalized spacial score (nSPS) is 20.5. The van der Waals surface area contributed by atoms with E-state index in [4.69, 9.17) is 0 Å². The van der Waals surface area contributed by atoms with Crippen molar-refractivity contribution in [3.63, 3.8) is 0 Å². The Hall–Kier alpha value is -1.52. The lowest BCUT2D eigenvalue weighted by atomic mass is 10.0. The van der Waals surface area contributed by atoms with Crippen LogP contribution in [0.1, 0.15) is 11.5 Å². The van der Waals surface area contributed by atoms with E-state index >= 15 is 0 Å². The zero-order chi connectivity index (χ0) is 10.3. The highest BCUT2D eigenvalue weighted by Gasteiger charge is 2.50. The van der Waals surface area contributed by atoms with E-state index in [0.29, 0.717) is 0 Å². The number of benzene rings is 1. The first-order chi connectivity index (χ1) is 6.50. The van der Waals surface area contributed by atoms with E-state index in [2.05, 4.69) is 5.32 Å². The molecule has 1 heterocycles. The molecule has 5 heteroatoms. The lowest BCUT2D eigenvalue weighted by Crippen LogP contribution is -2.27. The summed E-state index contributed by atoms with van der Waals surface area (Å²) in [6.45, 7) is 0. The molecule has 1 atom stereocenters. The minimum atomic E-state index is -4.52. The highest BCUT2D eigenvalue weighted by Crippen LogP contribution is 2.42. The maximum absolute atomic E-state index is 12.4. The van der Waals surface area contributed by atoms with Crippen LogP contribution in [0.15, 0.2) is 24.3 Å². The Morgan fingerprint density at radius 3 is 2.50 bits per heavy atom. The highest BCUT2D eigenvalue weighted by atomic mass is 19.4. The van der Waals surface area contributed by atoms with Crippen LogP contribution >= 0.6 is 0 Å². The van der Waals surface area contributed by atoms with Crippen LogP contribution in [-0.4, -0.2) is 12.1 Å². The molecule has 0 aliphatic carbocycles. The van der Waals surface area contributed by atoms with Gasteiger partial charge in [-0.15, -0.1) is 0 Å². The largest absolute Gasteiger partial charge is 0.404 e. The summed E-state index contributed by atoms with van der Waals surface area (Å²) in [7, 11) is 0. The topological polar surface area (TPSA) is 29.1 Å². The number of nitrogens with one attached hydrogen (secondary N) is 1. The van der Waals surface area contributed by atoms with Crippen molar-refractivity contribution in [1.29, 1.82) is 0 Å². The van der Waals surface area contributed by atoms with Crippen molar-refractivity contribution in [2.75, 3.05) is 5.32 Å². The third-order valence-electron chi connectivity index (χ3n) is 2.12. The van der Waals surface area contributed by atoms with Gasteiger partial charge in [0.25, 0.3) is 0 Å². The summed E-state index contributed by atoms with van der Waals surface area (Å²) in [5.74, 6) is -3.02. The van der Waals surface area contributed by atoms with Crippen molar-refractivity contribution in [1.82, 2.24) is 0 Å². The Morgan fingerprint density at radius 2 is 1.86 bits per heavy atom. The fourth-order valence-electron chi connectivity index (χ4n) is 1.53. The van der Waals surface area contributed by atoms with Gasteiger partial charge in [0.2, 0.25) is 5.91 Å². The molecule has 1 aromatic carbocycles. The Morgan fingerprint density at radius 1 is 1.21 bits per heavy atom. The molecule has 0 saturated carbocycles. The number of anilines is 1. The highest BCUT2D eigenvalue weighted by molar-refractivity contribution is 6.03. The molecule has 1 aliphatic rings. The van der Waals surface area contributed by atoms with Crippen LogP contribution in [0.5, 0.6) is 0 Å². The van der Waals surface area contributed by atoms with Gasteiger partial charge in [-0.3, -0.25) is 4.79 Å². The van der Waals surface area contributed by atoms with Crippen LogP contribution in [0.4, 0.5) is 18.9 Å². The second kappa shape index (κ2) is 2.73. The number of hydrogen-bond donors (Lipinski definition) is 1. The molecule has 1 aromatic rings. The molecule has 1 amide bonds. The molecular weight excluding hydrogens is 195 g/mol. The molecule has 0 fully saturated rings. The first-order valence-corrected chi connectivity index (χ1v) is 3.96. The average Bonchev–Trinajstić information content (AvgIpc) is 2.38. The van der Waals surface area contributed by atoms with Crippen LogP contribution in [0.2, 0.25) is 0 Å². The molecule has 2 rings (SSSR count). The predicted molar refractivity (Wildman–Crippen MR) is 43.9 cm³/mol. The van der Waals surface area contributed by atoms with Gasteiger partial charge in [0.05, 0.1) is 0 Å². The van der Waals surface area contributed by atoms with E-state index < -0.39 is 18.0 Å².